The number of hydrogen-bond acceptors (Lipinski definition) is 3. The number of carbonyl (C=O) groups is 2. The smallest absolute Gasteiger partial charge is 0.252 e. The average molecular weight is 440 g/mol. The average Bonchev–Trinajstić information content (AvgIpc) is 2.75. The highest BCUT2D eigenvalue weighted by Gasteiger charge is 2.24. The lowest BCUT2D eigenvalue weighted by Gasteiger charge is -2.19. The number of carbonyl (C=O) groups excluding carboxylic acids is 2. The van der Waals surface area contributed by atoms with Crippen LogP contribution in [0.2, 0.25) is 10.0 Å². The molecule has 2 amide bonds. The topological polar surface area (TPSA) is 82.1 Å². The third kappa shape index (κ3) is 5.69. The Morgan fingerprint density at radius 3 is 2.13 bits per heavy atom. The van der Waals surface area contributed by atoms with Crippen LogP contribution < -0.4 is 10.6 Å². The van der Waals surface area contributed by atoms with E-state index in [4.69, 9.17) is 28.6 Å². The van der Waals surface area contributed by atoms with Crippen molar-refractivity contribution in [3.05, 3.63) is 106 Å². The number of hydrogen-bond donors (Lipinski definition) is 3. The lowest BCUT2D eigenvalue weighted by Crippen LogP contribution is -2.43. The van der Waals surface area contributed by atoms with E-state index < -0.39 is 11.9 Å². The van der Waals surface area contributed by atoms with Gasteiger partial charge >= 0.3 is 0 Å². The van der Waals surface area contributed by atoms with Crippen molar-refractivity contribution in [2.75, 3.05) is 0 Å². The Morgan fingerprint density at radius 1 is 0.867 bits per heavy atom. The third-order valence-corrected chi connectivity index (χ3v) is 5.10. The molecule has 0 aliphatic carbocycles. The van der Waals surface area contributed by atoms with Gasteiger partial charge in [0.1, 0.15) is 11.9 Å². The van der Waals surface area contributed by atoms with Crippen molar-refractivity contribution < 1.29 is 9.59 Å². The highest BCUT2D eigenvalue weighted by atomic mass is 35.5. The predicted molar refractivity (Wildman–Crippen MR) is 119 cm³/mol. The van der Waals surface area contributed by atoms with Crippen LogP contribution in [-0.4, -0.2) is 17.6 Å². The Bertz CT molecular complexity index is 1060. The second kappa shape index (κ2) is 10.1. The summed E-state index contributed by atoms with van der Waals surface area (Å²) in [6.07, 6.45) is 0.0314. The Kier molecular flexibility index (Phi) is 7.22. The summed E-state index contributed by atoms with van der Waals surface area (Å²) in [5.41, 5.74) is 1.85. The largest absolute Gasteiger partial charge is 0.340 e. The molecule has 0 bridgehead atoms. The van der Waals surface area contributed by atoms with Crippen molar-refractivity contribution in [1.29, 1.82) is 5.41 Å². The Labute approximate surface area is 184 Å². The van der Waals surface area contributed by atoms with Gasteiger partial charge in [-0.2, -0.15) is 0 Å². The second-order valence-electron chi connectivity index (χ2n) is 6.57. The molecule has 0 aromatic heterocycles. The van der Waals surface area contributed by atoms with E-state index in [1.807, 2.05) is 12.1 Å². The van der Waals surface area contributed by atoms with Crippen molar-refractivity contribution in [3.8, 4) is 0 Å². The molecule has 0 aliphatic heterocycles. The predicted octanol–water partition coefficient (Wildman–Crippen LogP) is 4.54. The molecule has 0 fully saturated rings. The summed E-state index contributed by atoms with van der Waals surface area (Å²) in [5, 5.41) is 14.2. The molecule has 1 unspecified atom stereocenters. The molecule has 0 aliphatic rings. The van der Waals surface area contributed by atoms with E-state index in [0.717, 1.165) is 0 Å². The highest BCUT2D eigenvalue weighted by molar-refractivity contribution is 6.42. The van der Waals surface area contributed by atoms with Crippen LogP contribution in [0, 0.1) is 5.41 Å². The number of amidine groups is 1. The fraction of sp³-hybridized carbons (Fsp3) is 0.0870. The molecule has 0 saturated carbocycles. The van der Waals surface area contributed by atoms with Crippen LogP contribution in [0.15, 0.2) is 78.9 Å². The molecular formula is C23H19Cl2N3O2. The van der Waals surface area contributed by atoms with E-state index in [1.54, 1.807) is 66.7 Å². The van der Waals surface area contributed by atoms with Gasteiger partial charge in [0.15, 0.2) is 0 Å². The minimum atomic E-state index is -0.953. The van der Waals surface area contributed by atoms with Gasteiger partial charge in [-0.3, -0.25) is 15.0 Å². The van der Waals surface area contributed by atoms with Gasteiger partial charge in [0, 0.05) is 5.56 Å². The van der Waals surface area contributed by atoms with Crippen LogP contribution in [-0.2, 0) is 16.0 Å². The first kappa shape index (κ1) is 21.6. The van der Waals surface area contributed by atoms with Crippen molar-refractivity contribution in [1.82, 2.24) is 10.6 Å². The van der Waals surface area contributed by atoms with Gasteiger partial charge in [0.2, 0.25) is 5.91 Å². The summed E-state index contributed by atoms with van der Waals surface area (Å²) < 4.78 is 0. The number of nitrogens with one attached hydrogen (secondary N) is 3. The number of halogens is 2. The zero-order chi connectivity index (χ0) is 21.5. The first-order valence-corrected chi connectivity index (χ1v) is 9.92. The molecule has 1 atom stereocenters. The second-order valence-corrected chi connectivity index (χ2v) is 7.38. The molecule has 3 aromatic rings. The van der Waals surface area contributed by atoms with E-state index in [1.165, 1.54) is 0 Å². The third-order valence-electron chi connectivity index (χ3n) is 4.36. The first-order valence-electron chi connectivity index (χ1n) is 9.17. The molecular weight excluding hydrogens is 421 g/mol. The lowest BCUT2D eigenvalue weighted by molar-refractivity contribution is -0.128. The van der Waals surface area contributed by atoms with Crippen LogP contribution in [0.5, 0.6) is 0 Å². The molecule has 3 rings (SSSR count). The van der Waals surface area contributed by atoms with Crippen molar-refractivity contribution in [3.63, 3.8) is 0 Å². The van der Waals surface area contributed by atoms with Gasteiger partial charge < -0.3 is 10.6 Å². The molecule has 0 spiro atoms. The van der Waals surface area contributed by atoms with Gasteiger partial charge in [-0.1, -0.05) is 89.9 Å². The van der Waals surface area contributed by atoms with Gasteiger partial charge in [0.05, 0.1) is 16.5 Å². The standard InChI is InChI=1S/C23H19Cl2N3O2/c24-18-12-11-15(13-19(18)25)14-20(29)27-21(16-7-3-1-4-8-16)23(30)28-22(26)17-9-5-2-6-10-17/h1-13,21H,14H2,(H,27,29)(H2,26,28,30). The van der Waals surface area contributed by atoms with Crippen molar-refractivity contribution in [2.24, 2.45) is 0 Å². The van der Waals surface area contributed by atoms with Gasteiger partial charge in [-0.15, -0.1) is 0 Å². The minimum absolute atomic E-state index is 0.0314. The van der Waals surface area contributed by atoms with Crippen LogP contribution in [0.1, 0.15) is 22.7 Å². The molecule has 7 heteroatoms. The van der Waals surface area contributed by atoms with Gasteiger partial charge in [0.25, 0.3) is 5.91 Å². The maximum absolute atomic E-state index is 12.9. The van der Waals surface area contributed by atoms with Crippen LogP contribution in [0.25, 0.3) is 0 Å². The van der Waals surface area contributed by atoms with Gasteiger partial charge in [-0.05, 0) is 23.3 Å². The molecule has 3 N–H and O–H groups in total. The quantitative estimate of drug-likeness (QED) is 0.389. The molecule has 0 radical (unpaired) electrons. The van der Waals surface area contributed by atoms with Crippen molar-refractivity contribution >= 4 is 40.9 Å². The van der Waals surface area contributed by atoms with Crippen LogP contribution in [0.4, 0.5) is 0 Å². The molecule has 0 heterocycles. The van der Waals surface area contributed by atoms with E-state index >= 15 is 0 Å². The molecule has 5 nitrogen and oxygen atoms in total. The maximum atomic E-state index is 12.9. The summed E-state index contributed by atoms with van der Waals surface area (Å²) in [7, 11) is 0. The molecule has 3 aromatic carbocycles. The molecule has 152 valence electrons. The maximum Gasteiger partial charge on any atom is 0.252 e. The van der Waals surface area contributed by atoms with E-state index in [9.17, 15) is 9.59 Å². The summed E-state index contributed by atoms with van der Waals surface area (Å²) in [6, 6.07) is 21.7. The molecule has 30 heavy (non-hydrogen) atoms. The number of benzene rings is 3. The summed E-state index contributed by atoms with van der Waals surface area (Å²) >= 11 is 11.9. The zero-order valence-corrected chi connectivity index (χ0v) is 17.4. The van der Waals surface area contributed by atoms with E-state index in [-0.39, 0.29) is 18.2 Å². The summed E-state index contributed by atoms with van der Waals surface area (Å²) in [5.74, 6) is -0.901. The summed E-state index contributed by atoms with van der Waals surface area (Å²) in [6.45, 7) is 0. The zero-order valence-electron chi connectivity index (χ0n) is 15.9. The number of amides is 2. The SMILES string of the molecule is N=C(NC(=O)C(NC(=O)Cc1ccc(Cl)c(Cl)c1)c1ccccc1)c1ccccc1. The highest BCUT2D eigenvalue weighted by Crippen LogP contribution is 2.23. The van der Waals surface area contributed by atoms with Crippen LogP contribution >= 0.6 is 23.2 Å². The molecule has 0 saturated heterocycles. The van der Waals surface area contributed by atoms with Gasteiger partial charge in [-0.25, -0.2) is 0 Å². The Morgan fingerprint density at radius 2 is 1.50 bits per heavy atom. The Hall–Kier alpha value is -3.15. The van der Waals surface area contributed by atoms with E-state index in [0.29, 0.717) is 26.7 Å². The fourth-order valence-corrected chi connectivity index (χ4v) is 3.19. The minimum Gasteiger partial charge on any atom is -0.340 e. The fourth-order valence-electron chi connectivity index (χ4n) is 2.87. The van der Waals surface area contributed by atoms with Crippen molar-refractivity contribution in [2.45, 2.75) is 12.5 Å². The normalized spacial score (nSPS) is 11.4. The lowest BCUT2D eigenvalue weighted by atomic mass is 10.0. The Balaban J connectivity index is 1.75. The van der Waals surface area contributed by atoms with E-state index in [2.05, 4.69) is 10.6 Å². The number of rotatable bonds is 6. The first-order chi connectivity index (χ1) is 14.4. The van der Waals surface area contributed by atoms with Crippen LogP contribution in [0.3, 0.4) is 0 Å². The summed E-state index contributed by atoms with van der Waals surface area (Å²) in [4.78, 5) is 25.5. The monoisotopic (exact) mass is 439 g/mol.